The summed E-state index contributed by atoms with van der Waals surface area (Å²) in [5.41, 5.74) is 2.24. The number of aromatic nitrogens is 1. The molecular formula is C16H19N3O2S. The topological polar surface area (TPSA) is 46.6 Å². The Morgan fingerprint density at radius 2 is 2.27 bits per heavy atom. The fourth-order valence-electron chi connectivity index (χ4n) is 2.93. The molecule has 116 valence electrons. The van der Waals surface area contributed by atoms with E-state index in [1.807, 2.05) is 18.2 Å². The van der Waals surface area contributed by atoms with E-state index in [2.05, 4.69) is 22.5 Å². The Labute approximate surface area is 133 Å². The Morgan fingerprint density at radius 3 is 3.18 bits per heavy atom. The van der Waals surface area contributed by atoms with Gasteiger partial charge in [-0.1, -0.05) is 0 Å². The standard InChI is InChI=1S/C16H19N3O2S/c1-11-7-19(5-4-17-11)8-13-9-22-16(18-13)12-2-3-14-15(6-12)21-10-20-14/h2-3,6,9,11,17H,4-5,7-8,10H2,1H3/t11-/m1/s1. The molecule has 1 atom stereocenters. The van der Waals surface area contributed by atoms with Gasteiger partial charge in [0.05, 0.1) is 5.69 Å². The predicted molar refractivity (Wildman–Crippen MR) is 86.4 cm³/mol. The highest BCUT2D eigenvalue weighted by Gasteiger charge is 2.18. The monoisotopic (exact) mass is 317 g/mol. The number of nitrogens with zero attached hydrogens (tertiary/aromatic N) is 2. The third kappa shape index (κ3) is 2.82. The number of thiazole rings is 1. The summed E-state index contributed by atoms with van der Waals surface area (Å²) in [7, 11) is 0. The Kier molecular flexibility index (Phi) is 3.73. The van der Waals surface area contributed by atoms with Crippen LogP contribution in [0.4, 0.5) is 0 Å². The molecule has 5 nitrogen and oxygen atoms in total. The Hall–Kier alpha value is -1.63. The molecule has 1 fully saturated rings. The molecule has 4 rings (SSSR count). The highest BCUT2D eigenvalue weighted by Crippen LogP contribution is 2.36. The van der Waals surface area contributed by atoms with E-state index in [0.29, 0.717) is 12.8 Å². The van der Waals surface area contributed by atoms with Crippen LogP contribution in [-0.2, 0) is 6.54 Å². The molecule has 2 aromatic rings. The van der Waals surface area contributed by atoms with Gasteiger partial charge < -0.3 is 14.8 Å². The average Bonchev–Trinajstić information content (AvgIpc) is 3.15. The molecule has 0 radical (unpaired) electrons. The summed E-state index contributed by atoms with van der Waals surface area (Å²) in [6.45, 7) is 6.68. The molecule has 0 amide bonds. The van der Waals surface area contributed by atoms with E-state index in [-0.39, 0.29) is 0 Å². The quantitative estimate of drug-likeness (QED) is 0.941. The molecule has 22 heavy (non-hydrogen) atoms. The molecule has 2 aliphatic heterocycles. The van der Waals surface area contributed by atoms with Crippen LogP contribution in [0.25, 0.3) is 10.6 Å². The van der Waals surface area contributed by atoms with Crippen LogP contribution < -0.4 is 14.8 Å². The minimum atomic E-state index is 0.309. The first-order chi connectivity index (χ1) is 10.8. The minimum absolute atomic E-state index is 0.309. The second-order valence-corrected chi connectivity index (χ2v) is 6.66. The first-order valence-corrected chi connectivity index (χ1v) is 8.46. The van der Waals surface area contributed by atoms with E-state index in [0.717, 1.165) is 53.9 Å². The van der Waals surface area contributed by atoms with E-state index < -0.39 is 0 Å². The van der Waals surface area contributed by atoms with Gasteiger partial charge in [0.25, 0.3) is 0 Å². The molecule has 0 bridgehead atoms. The molecular weight excluding hydrogens is 298 g/mol. The average molecular weight is 317 g/mol. The van der Waals surface area contributed by atoms with Crippen molar-refractivity contribution in [2.45, 2.75) is 19.5 Å². The number of piperazine rings is 1. The van der Waals surface area contributed by atoms with Gasteiger partial charge in [0.2, 0.25) is 6.79 Å². The predicted octanol–water partition coefficient (Wildman–Crippen LogP) is 2.33. The van der Waals surface area contributed by atoms with E-state index >= 15 is 0 Å². The summed E-state index contributed by atoms with van der Waals surface area (Å²) in [4.78, 5) is 7.24. The van der Waals surface area contributed by atoms with Gasteiger partial charge >= 0.3 is 0 Å². The summed E-state index contributed by atoms with van der Waals surface area (Å²) in [5, 5.41) is 6.67. The highest BCUT2D eigenvalue weighted by molar-refractivity contribution is 7.13. The second kappa shape index (κ2) is 5.87. The lowest BCUT2D eigenvalue weighted by Gasteiger charge is -2.31. The molecule has 1 saturated heterocycles. The molecule has 2 aliphatic rings. The fourth-order valence-corrected chi connectivity index (χ4v) is 3.73. The van der Waals surface area contributed by atoms with Crippen molar-refractivity contribution in [1.29, 1.82) is 0 Å². The number of benzene rings is 1. The van der Waals surface area contributed by atoms with Gasteiger partial charge in [-0.3, -0.25) is 4.90 Å². The lowest BCUT2D eigenvalue weighted by molar-refractivity contribution is 0.174. The van der Waals surface area contributed by atoms with Crippen LogP contribution in [0.2, 0.25) is 0 Å². The van der Waals surface area contributed by atoms with Gasteiger partial charge in [-0.25, -0.2) is 4.98 Å². The lowest BCUT2D eigenvalue weighted by Crippen LogP contribution is -2.48. The fraction of sp³-hybridized carbons (Fsp3) is 0.438. The largest absolute Gasteiger partial charge is 0.454 e. The van der Waals surface area contributed by atoms with Gasteiger partial charge in [-0.05, 0) is 25.1 Å². The lowest BCUT2D eigenvalue weighted by atomic mass is 10.2. The van der Waals surface area contributed by atoms with Crippen molar-refractivity contribution in [3.8, 4) is 22.1 Å². The van der Waals surface area contributed by atoms with Crippen molar-refractivity contribution in [3.63, 3.8) is 0 Å². The minimum Gasteiger partial charge on any atom is -0.454 e. The van der Waals surface area contributed by atoms with E-state index in [4.69, 9.17) is 14.5 Å². The maximum absolute atomic E-state index is 5.44. The summed E-state index contributed by atoms with van der Waals surface area (Å²) in [5.74, 6) is 1.63. The Balaban J connectivity index is 1.49. The summed E-state index contributed by atoms with van der Waals surface area (Å²) < 4.78 is 10.8. The van der Waals surface area contributed by atoms with Gasteiger partial charge in [-0.15, -0.1) is 11.3 Å². The molecule has 1 N–H and O–H groups in total. The smallest absolute Gasteiger partial charge is 0.231 e. The van der Waals surface area contributed by atoms with E-state index in [9.17, 15) is 0 Å². The SMILES string of the molecule is C[C@@H]1CN(Cc2csc(-c3ccc4c(c3)OCO4)n2)CCN1. The number of fused-ring (bicyclic) bond motifs is 1. The zero-order valence-corrected chi connectivity index (χ0v) is 13.4. The number of hydrogen-bond acceptors (Lipinski definition) is 6. The molecule has 0 saturated carbocycles. The maximum atomic E-state index is 5.44. The number of nitrogens with one attached hydrogen (secondary N) is 1. The summed E-state index contributed by atoms with van der Waals surface area (Å²) in [6.07, 6.45) is 0. The van der Waals surface area contributed by atoms with Crippen molar-refractivity contribution in [3.05, 3.63) is 29.3 Å². The van der Waals surface area contributed by atoms with Crippen LogP contribution in [0.1, 0.15) is 12.6 Å². The van der Waals surface area contributed by atoms with E-state index in [1.165, 1.54) is 0 Å². The number of rotatable bonds is 3. The molecule has 0 spiro atoms. The Bertz CT molecular complexity index is 673. The Morgan fingerprint density at radius 1 is 1.36 bits per heavy atom. The number of ether oxygens (including phenoxy) is 2. The van der Waals surface area contributed by atoms with Crippen LogP contribution >= 0.6 is 11.3 Å². The molecule has 6 heteroatoms. The van der Waals surface area contributed by atoms with Crippen molar-refractivity contribution in [2.75, 3.05) is 26.4 Å². The van der Waals surface area contributed by atoms with Crippen LogP contribution in [0.3, 0.4) is 0 Å². The highest BCUT2D eigenvalue weighted by atomic mass is 32.1. The van der Waals surface area contributed by atoms with Crippen molar-refractivity contribution >= 4 is 11.3 Å². The van der Waals surface area contributed by atoms with Gasteiger partial charge in [-0.2, -0.15) is 0 Å². The third-order valence-corrected chi connectivity index (χ3v) is 4.95. The zero-order chi connectivity index (χ0) is 14.9. The molecule has 0 unspecified atom stereocenters. The first-order valence-electron chi connectivity index (χ1n) is 7.58. The van der Waals surface area contributed by atoms with Gasteiger partial charge in [0.1, 0.15) is 5.01 Å². The van der Waals surface area contributed by atoms with Gasteiger partial charge in [0, 0.05) is 43.2 Å². The summed E-state index contributed by atoms with van der Waals surface area (Å²) >= 11 is 1.69. The van der Waals surface area contributed by atoms with Crippen molar-refractivity contribution < 1.29 is 9.47 Å². The van der Waals surface area contributed by atoms with Gasteiger partial charge in [0.15, 0.2) is 11.5 Å². The van der Waals surface area contributed by atoms with Crippen LogP contribution in [0, 0.1) is 0 Å². The van der Waals surface area contributed by atoms with E-state index in [1.54, 1.807) is 11.3 Å². The normalized spacial score (nSPS) is 21.2. The zero-order valence-electron chi connectivity index (χ0n) is 12.5. The summed E-state index contributed by atoms with van der Waals surface area (Å²) in [6, 6.07) is 6.57. The molecule has 0 aliphatic carbocycles. The second-order valence-electron chi connectivity index (χ2n) is 5.80. The number of hydrogen-bond donors (Lipinski definition) is 1. The van der Waals surface area contributed by atoms with Crippen LogP contribution in [0.15, 0.2) is 23.6 Å². The first kappa shape index (κ1) is 14.0. The van der Waals surface area contributed by atoms with Crippen molar-refractivity contribution in [1.82, 2.24) is 15.2 Å². The van der Waals surface area contributed by atoms with Crippen molar-refractivity contribution in [2.24, 2.45) is 0 Å². The maximum Gasteiger partial charge on any atom is 0.231 e. The molecule has 1 aromatic heterocycles. The van der Waals surface area contributed by atoms with Crippen LogP contribution in [-0.4, -0.2) is 42.4 Å². The molecule has 3 heterocycles. The molecule has 1 aromatic carbocycles. The third-order valence-electron chi connectivity index (χ3n) is 4.01. The van der Waals surface area contributed by atoms with Crippen LogP contribution in [0.5, 0.6) is 11.5 Å².